The normalized spacial score (nSPS) is 12.5. The summed E-state index contributed by atoms with van der Waals surface area (Å²) < 4.78 is 42.5. The third-order valence-electron chi connectivity index (χ3n) is 5.39. The first-order valence-electron chi connectivity index (χ1n) is 11.5. The van der Waals surface area contributed by atoms with Crippen molar-refractivity contribution >= 4 is 27.7 Å². The molecule has 1 N–H and O–H groups in total. The topological polar surface area (TPSA) is 90.0 Å². The van der Waals surface area contributed by atoms with Gasteiger partial charge < -0.3 is 10.2 Å². The van der Waals surface area contributed by atoms with Crippen LogP contribution in [0.5, 0.6) is 0 Å². The number of benzene rings is 2. The number of hydrogen-bond donors (Lipinski definition) is 1. The van der Waals surface area contributed by atoms with Gasteiger partial charge in [0.25, 0.3) is 0 Å². The second kappa shape index (κ2) is 12.1. The second-order valence-corrected chi connectivity index (χ2v) is 10.9. The summed E-state index contributed by atoms with van der Waals surface area (Å²) in [5.74, 6) is -1.73. The lowest BCUT2D eigenvalue weighted by atomic mass is 10.1. The first-order chi connectivity index (χ1) is 16.4. The van der Waals surface area contributed by atoms with Crippen LogP contribution in [0.15, 0.2) is 48.5 Å². The zero-order valence-corrected chi connectivity index (χ0v) is 22.0. The number of carbonyl (C=O) groups excluding carboxylic acids is 2. The molecule has 0 aliphatic carbocycles. The van der Waals surface area contributed by atoms with E-state index in [1.807, 2.05) is 45.0 Å². The molecule has 1 atom stereocenters. The Morgan fingerprint density at radius 1 is 1.06 bits per heavy atom. The Morgan fingerprint density at radius 3 is 2.26 bits per heavy atom. The lowest BCUT2D eigenvalue weighted by Crippen LogP contribution is -2.54. The zero-order valence-electron chi connectivity index (χ0n) is 21.2. The van der Waals surface area contributed by atoms with Gasteiger partial charge in [0.15, 0.2) is 0 Å². The molecule has 0 aliphatic rings. The van der Waals surface area contributed by atoms with Gasteiger partial charge in [0.05, 0.1) is 5.69 Å². The van der Waals surface area contributed by atoms with Crippen molar-refractivity contribution in [3.63, 3.8) is 0 Å². The van der Waals surface area contributed by atoms with Gasteiger partial charge in [0, 0.05) is 26.7 Å². The molecule has 8 nitrogen and oxygen atoms in total. The van der Waals surface area contributed by atoms with Crippen LogP contribution in [0.1, 0.15) is 38.3 Å². The molecule has 10 heteroatoms. The molecule has 0 fully saturated rings. The minimum Gasteiger partial charge on any atom is -0.352 e. The van der Waals surface area contributed by atoms with Gasteiger partial charge in [-0.15, -0.1) is 0 Å². The fourth-order valence-corrected chi connectivity index (χ4v) is 4.73. The Bertz CT molecular complexity index is 1140. The molecule has 0 bridgehead atoms. The van der Waals surface area contributed by atoms with Crippen LogP contribution >= 0.6 is 0 Å². The van der Waals surface area contributed by atoms with E-state index in [1.54, 1.807) is 6.92 Å². The molecule has 192 valence electrons. The van der Waals surface area contributed by atoms with Crippen LogP contribution in [0.3, 0.4) is 0 Å². The Kier molecular flexibility index (Phi) is 9.79. The molecule has 0 unspecified atom stereocenters. The number of halogens is 1. The van der Waals surface area contributed by atoms with Crippen molar-refractivity contribution in [1.29, 1.82) is 0 Å². The predicted octanol–water partition coefficient (Wildman–Crippen LogP) is 3.08. The van der Waals surface area contributed by atoms with Gasteiger partial charge in [-0.25, -0.2) is 8.70 Å². The van der Waals surface area contributed by atoms with E-state index in [4.69, 9.17) is 0 Å². The summed E-state index contributed by atoms with van der Waals surface area (Å²) in [6.45, 7) is 6.77. The molecule has 0 heterocycles. The van der Waals surface area contributed by atoms with Crippen molar-refractivity contribution in [3.05, 3.63) is 65.5 Å². The highest BCUT2D eigenvalue weighted by Gasteiger charge is 2.34. The van der Waals surface area contributed by atoms with E-state index in [-0.39, 0.29) is 24.2 Å². The molecule has 2 aromatic rings. The molecule has 2 amide bonds. The lowest BCUT2D eigenvalue weighted by molar-refractivity contribution is -0.140. The van der Waals surface area contributed by atoms with Gasteiger partial charge in [-0.3, -0.25) is 9.59 Å². The standard InChI is InChI=1S/C25H35FN4O4S/c1-7-22(25(32)27-18(2)3)29(16-20-12-10-11-19(4)15-20)24(31)17-30(35(33,34)28(5)6)23-14-9-8-13-21(23)26/h8-15,18,22H,7,16-17H2,1-6H3,(H,27,32)/t22-/m0/s1. The number of aryl methyl sites for hydroxylation is 1. The zero-order chi connectivity index (χ0) is 26.3. The third-order valence-corrected chi connectivity index (χ3v) is 7.20. The van der Waals surface area contributed by atoms with Crippen LogP contribution in [0.4, 0.5) is 10.1 Å². The van der Waals surface area contributed by atoms with Crippen LogP contribution in [0.25, 0.3) is 0 Å². The molecule has 35 heavy (non-hydrogen) atoms. The molecule has 0 saturated carbocycles. The number of amides is 2. The highest BCUT2D eigenvalue weighted by Crippen LogP contribution is 2.24. The number of hydrogen-bond acceptors (Lipinski definition) is 4. The van der Waals surface area contributed by atoms with E-state index in [2.05, 4.69) is 5.32 Å². The summed E-state index contributed by atoms with van der Waals surface area (Å²) in [6, 6.07) is 11.9. The smallest absolute Gasteiger partial charge is 0.304 e. The second-order valence-electron chi connectivity index (χ2n) is 8.85. The third kappa shape index (κ3) is 7.25. The number of para-hydroxylation sites is 1. The van der Waals surface area contributed by atoms with E-state index in [9.17, 15) is 22.4 Å². The first kappa shape index (κ1) is 28.3. The van der Waals surface area contributed by atoms with Crippen LogP contribution in [-0.2, 0) is 26.3 Å². The van der Waals surface area contributed by atoms with Crippen molar-refractivity contribution in [2.45, 2.75) is 52.7 Å². The number of nitrogens with zero attached hydrogens (tertiary/aromatic N) is 3. The van der Waals surface area contributed by atoms with Crippen LogP contribution in [0.2, 0.25) is 0 Å². The van der Waals surface area contributed by atoms with Gasteiger partial charge in [-0.2, -0.15) is 12.7 Å². The Morgan fingerprint density at radius 2 is 1.71 bits per heavy atom. The lowest BCUT2D eigenvalue weighted by Gasteiger charge is -2.34. The molecule has 2 rings (SSSR count). The maximum atomic E-state index is 14.7. The molecule has 2 aromatic carbocycles. The van der Waals surface area contributed by atoms with E-state index < -0.39 is 34.5 Å². The van der Waals surface area contributed by atoms with Crippen molar-refractivity contribution in [1.82, 2.24) is 14.5 Å². The molecular formula is C25H35FN4O4S. The summed E-state index contributed by atoms with van der Waals surface area (Å²) in [5.41, 5.74) is 1.53. The van der Waals surface area contributed by atoms with E-state index in [0.717, 1.165) is 25.8 Å². The Hall–Kier alpha value is -2.98. The quantitative estimate of drug-likeness (QED) is 0.507. The number of nitrogens with one attached hydrogen (secondary N) is 1. The SMILES string of the molecule is CC[C@@H](C(=O)NC(C)C)N(Cc1cccc(C)c1)C(=O)CN(c1ccccc1F)S(=O)(=O)N(C)C. The predicted molar refractivity (Wildman–Crippen MR) is 135 cm³/mol. The monoisotopic (exact) mass is 506 g/mol. The van der Waals surface area contributed by atoms with Crippen molar-refractivity contribution in [3.8, 4) is 0 Å². The van der Waals surface area contributed by atoms with Crippen LogP contribution in [-0.4, -0.2) is 62.2 Å². The fraction of sp³-hybridized carbons (Fsp3) is 0.440. The minimum absolute atomic E-state index is 0.0949. The Balaban J connectivity index is 2.53. The molecule has 0 spiro atoms. The molecule has 0 aromatic heterocycles. The highest BCUT2D eigenvalue weighted by atomic mass is 32.2. The average Bonchev–Trinajstić information content (AvgIpc) is 2.77. The summed E-state index contributed by atoms with van der Waals surface area (Å²) >= 11 is 0. The Labute approximate surface area is 207 Å². The van der Waals surface area contributed by atoms with Crippen molar-refractivity contribution in [2.75, 3.05) is 24.9 Å². The minimum atomic E-state index is -4.22. The van der Waals surface area contributed by atoms with E-state index >= 15 is 0 Å². The summed E-state index contributed by atoms with van der Waals surface area (Å²) in [4.78, 5) is 28.1. The van der Waals surface area contributed by atoms with Gasteiger partial charge in [0.1, 0.15) is 18.4 Å². The average molecular weight is 507 g/mol. The van der Waals surface area contributed by atoms with Crippen LogP contribution in [0, 0.1) is 12.7 Å². The highest BCUT2D eigenvalue weighted by molar-refractivity contribution is 7.90. The molecule has 0 aliphatic heterocycles. The first-order valence-corrected chi connectivity index (χ1v) is 12.9. The van der Waals surface area contributed by atoms with Gasteiger partial charge in [0.2, 0.25) is 11.8 Å². The van der Waals surface area contributed by atoms with Gasteiger partial charge in [-0.05, 0) is 44.9 Å². The number of rotatable bonds is 11. The fourth-order valence-electron chi connectivity index (χ4n) is 3.66. The van der Waals surface area contributed by atoms with Crippen molar-refractivity contribution < 1.29 is 22.4 Å². The van der Waals surface area contributed by atoms with E-state index in [1.165, 1.54) is 37.2 Å². The van der Waals surface area contributed by atoms with Gasteiger partial charge >= 0.3 is 10.2 Å². The van der Waals surface area contributed by atoms with Crippen LogP contribution < -0.4 is 9.62 Å². The molecular weight excluding hydrogens is 471 g/mol. The van der Waals surface area contributed by atoms with Gasteiger partial charge in [-0.1, -0.05) is 48.9 Å². The maximum absolute atomic E-state index is 14.7. The maximum Gasteiger partial charge on any atom is 0.304 e. The largest absolute Gasteiger partial charge is 0.352 e. The molecule has 0 radical (unpaired) electrons. The number of carbonyl (C=O) groups is 2. The molecule has 0 saturated heterocycles. The van der Waals surface area contributed by atoms with Crippen molar-refractivity contribution in [2.24, 2.45) is 0 Å². The number of anilines is 1. The summed E-state index contributed by atoms with van der Waals surface area (Å²) in [5, 5.41) is 2.84. The van der Waals surface area contributed by atoms with E-state index in [0.29, 0.717) is 6.42 Å². The summed E-state index contributed by atoms with van der Waals surface area (Å²) in [6.07, 6.45) is 0.316. The summed E-state index contributed by atoms with van der Waals surface area (Å²) in [7, 11) is -1.60.